The summed E-state index contributed by atoms with van der Waals surface area (Å²) >= 11 is 0. The molecule has 1 heterocycles. The quantitative estimate of drug-likeness (QED) is 0.623. The molecule has 0 aliphatic carbocycles. The van der Waals surface area contributed by atoms with Crippen molar-refractivity contribution >= 4 is 6.29 Å². The Morgan fingerprint density at radius 3 is 2.41 bits per heavy atom. The molecular formula is C19H16O3. The van der Waals surface area contributed by atoms with Gasteiger partial charge in [-0.15, -0.1) is 0 Å². The third-order valence-corrected chi connectivity index (χ3v) is 3.66. The zero-order valence-electron chi connectivity index (χ0n) is 12.5. The molecule has 2 aromatic carbocycles. The maximum Gasteiger partial charge on any atom is 0.185 e. The van der Waals surface area contributed by atoms with Gasteiger partial charge >= 0.3 is 0 Å². The minimum atomic E-state index is 0.325. The largest absolute Gasteiger partial charge is 0.457 e. The van der Waals surface area contributed by atoms with Gasteiger partial charge in [0.05, 0.1) is 0 Å². The van der Waals surface area contributed by atoms with E-state index in [-0.39, 0.29) is 0 Å². The van der Waals surface area contributed by atoms with E-state index in [1.165, 1.54) is 5.56 Å². The fourth-order valence-electron chi connectivity index (χ4n) is 2.22. The van der Waals surface area contributed by atoms with Gasteiger partial charge in [-0.1, -0.05) is 12.1 Å². The molecule has 3 aromatic rings. The van der Waals surface area contributed by atoms with Crippen molar-refractivity contribution in [2.75, 3.05) is 0 Å². The van der Waals surface area contributed by atoms with Crippen LogP contribution in [0.25, 0.3) is 11.3 Å². The Kier molecular flexibility index (Phi) is 3.79. The summed E-state index contributed by atoms with van der Waals surface area (Å²) in [6, 6.07) is 17.0. The molecule has 0 N–H and O–H groups in total. The molecule has 0 fully saturated rings. The first-order valence-corrected chi connectivity index (χ1v) is 7.07. The second kappa shape index (κ2) is 5.90. The van der Waals surface area contributed by atoms with Crippen molar-refractivity contribution in [2.45, 2.75) is 13.8 Å². The monoisotopic (exact) mass is 292 g/mol. The molecule has 0 spiro atoms. The fraction of sp³-hybridized carbons (Fsp3) is 0.105. The van der Waals surface area contributed by atoms with Crippen LogP contribution in [0.5, 0.6) is 11.5 Å². The minimum Gasteiger partial charge on any atom is -0.457 e. The van der Waals surface area contributed by atoms with Crippen molar-refractivity contribution < 1.29 is 13.9 Å². The highest BCUT2D eigenvalue weighted by molar-refractivity contribution is 5.72. The summed E-state index contributed by atoms with van der Waals surface area (Å²) in [6.07, 6.45) is 0.696. The van der Waals surface area contributed by atoms with E-state index in [0.29, 0.717) is 17.8 Å². The molecule has 0 bridgehead atoms. The van der Waals surface area contributed by atoms with Crippen LogP contribution in [0.15, 0.2) is 59.0 Å². The third-order valence-electron chi connectivity index (χ3n) is 3.66. The van der Waals surface area contributed by atoms with Crippen LogP contribution in [-0.2, 0) is 0 Å². The Bertz CT molecular complexity index is 798. The van der Waals surface area contributed by atoms with Gasteiger partial charge in [0.2, 0.25) is 0 Å². The highest BCUT2D eigenvalue weighted by atomic mass is 16.5. The van der Waals surface area contributed by atoms with Crippen LogP contribution in [0, 0.1) is 13.8 Å². The van der Waals surface area contributed by atoms with Gasteiger partial charge in [0.15, 0.2) is 12.0 Å². The van der Waals surface area contributed by atoms with E-state index in [4.69, 9.17) is 9.15 Å². The summed E-state index contributed by atoms with van der Waals surface area (Å²) in [6.45, 7) is 4.11. The van der Waals surface area contributed by atoms with Crippen molar-refractivity contribution in [1.82, 2.24) is 0 Å². The molecule has 110 valence electrons. The van der Waals surface area contributed by atoms with Gasteiger partial charge in [0, 0.05) is 5.56 Å². The Morgan fingerprint density at radius 1 is 0.955 bits per heavy atom. The van der Waals surface area contributed by atoms with Crippen LogP contribution in [0.1, 0.15) is 21.7 Å². The molecule has 0 aliphatic heterocycles. The maximum atomic E-state index is 10.7. The van der Waals surface area contributed by atoms with Crippen molar-refractivity contribution in [3.63, 3.8) is 0 Å². The molecule has 0 saturated heterocycles. The molecule has 22 heavy (non-hydrogen) atoms. The van der Waals surface area contributed by atoms with Gasteiger partial charge in [-0.2, -0.15) is 0 Å². The second-order valence-corrected chi connectivity index (χ2v) is 5.14. The number of carbonyl (C=O) groups is 1. The number of ether oxygens (including phenoxy) is 1. The van der Waals surface area contributed by atoms with Gasteiger partial charge in [0.1, 0.15) is 17.3 Å². The van der Waals surface area contributed by atoms with Crippen LogP contribution in [0.4, 0.5) is 0 Å². The topological polar surface area (TPSA) is 39.4 Å². The highest BCUT2D eigenvalue weighted by Crippen LogP contribution is 2.29. The van der Waals surface area contributed by atoms with E-state index in [1.807, 2.05) is 43.3 Å². The first-order valence-electron chi connectivity index (χ1n) is 7.07. The van der Waals surface area contributed by atoms with Gasteiger partial charge in [-0.05, 0) is 67.4 Å². The summed E-state index contributed by atoms with van der Waals surface area (Å²) in [5.74, 6) is 2.61. The number of aryl methyl sites for hydroxylation is 1. The standard InChI is InChI=1S/C19H16O3/c1-13-4-3-5-18(14(13)2)21-16-8-6-15(7-9-16)19-11-10-17(12-20)22-19/h3-12H,1-2H3. The molecule has 0 atom stereocenters. The number of carbonyl (C=O) groups excluding carboxylic acids is 1. The lowest BCUT2D eigenvalue weighted by Gasteiger charge is -2.10. The van der Waals surface area contributed by atoms with E-state index in [9.17, 15) is 4.79 Å². The van der Waals surface area contributed by atoms with Crippen molar-refractivity contribution in [1.29, 1.82) is 0 Å². The minimum absolute atomic E-state index is 0.325. The number of furan rings is 1. The van der Waals surface area contributed by atoms with Crippen LogP contribution in [0.2, 0.25) is 0 Å². The lowest BCUT2D eigenvalue weighted by molar-refractivity contribution is 0.110. The van der Waals surface area contributed by atoms with Crippen molar-refractivity contribution in [3.05, 3.63) is 71.5 Å². The zero-order chi connectivity index (χ0) is 15.5. The van der Waals surface area contributed by atoms with Crippen LogP contribution in [0.3, 0.4) is 0 Å². The van der Waals surface area contributed by atoms with Crippen molar-refractivity contribution in [3.8, 4) is 22.8 Å². The molecule has 0 amide bonds. The van der Waals surface area contributed by atoms with Gasteiger partial charge in [0.25, 0.3) is 0 Å². The third kappa shape index (κ3) is 2.79. The Hall–Kier alpha value is -2.81. The van der Waals surface area contributed by atoms with E-state index in [0.717, 1.165) is 22.6 Å². The Balaban J connectivity index is 1.82. The number of benzene rings is 2. The number of hydrogen-bond donors (Lipinski definition) is 0. The zero-order valence-corrected chi connectivity index (χ0v) is 12.5. The van der Waals surface area contributed by atoms with Gasteiger partial charge < -0.3 is 9.15 Å². The molecule has 0 radical (unpaired) electrons. The number of hydrogen-bond acceptors (Lipinski definition) is 3. The van der Waals surface area contributed by atoms with Crippen LogP contribution < -0.4 is 4.74 Å². The number of rotatable bonds is 4. The van der Waals surface area contributed by atoms with E-state index >= 15 is 0 Å². The molecule has 3 heteroatoms. The average molecular weight is 292 g/mol. The summed E-state index contributed by atoms with van der Waals surface area (Å²) in [4.78, 5) is 10.7. The molecule has 0 aliphatic rings. The molecule has 0 saturated carbocycles. The summed E-state index contributed by atoms with van der Waals surface area (Å²) in [7, 11) is 0. The van der Waals surface area contributed by atoms with Gasteiger partial charge in [-0.3, -0.25) is 4.79 Å². The first kappa shape index (κ1) is 14.1. The molecule has 0 unspecified atom stereocenters. The fourth-order valence-corrected chi connectivity index (χ4v) is 2.22. The summed E-state index contributed by atoms with van der Waals surface area (Å²) < 4.78 is 11.3. The normalized spacial score (nSPS) is 10.5. The smallest absolute Gasteiger partial charge is 0.185 e. The van der Waals surface area contributed by atoms with Crippen molar-refractivity contribution in [2.24, 2.45) is 0 Å². The maximum absolute atomic E-state index is 10.7. The van der Waals surface area contributed by atoms with E-state index in [1.54, 1.807) is 12.1 Å². The summed E-state index contributed by atoms with van der Waals surface area (Å²) in [5.41, 5.74) is 3.24. The molecule has 3 rings (SSSR count). The Morgan fingerprint density at radius 2 is 1.73 bits per heavy atom. The lowest BCUT2D eigenvalue weighted by Crippen LogP contribution is -1.89. The average Bonchev–Trinajstić information content (AvgIpc) is 3.02. The van der Waals surface area contributed by atoms with Crippen LogP contribution in [-0.4, -0.2) is 6.29 Å². The van der Waals surface area contributed by atoms with Gasteiger partial charge in [-0.25, -0.2) is 0 Å². The molecule has 3 nitrogen and oxygen atoms in total. The highest BCUT2D eigenvalue weighted by Gasteiger charge is 2.06. The first-order chi connectivity index (χ1) is 10.7. The van der Waals surface area contributed by atoms with E-state index in [2.05, 4.69) is 13.0 Å². The summed E-state index contributed by atoms with van der Waals surface area (Å²) in [5, 5.41) is 0. The molecule has 1 aromatic heterocycles. The SMILES string of the molecule is Cc1cccc(Oc2ccc(-c3ccc(C=O)o3)cc2)c1C. The number of aldehydes is 1. The molecular weight excluding hydrogens is 276 g/mol. The lowest BCUT2D eigenvalue weighted by atomic mass is 10.1. The predicted octanol–water partition coefficient (Wildman–Crippen LogP) is 5.17. The van der Waals surface area contributed by atoms with Crippen LogP contribution >= 0.6 is 0 Å². The predicted molar refractivity (Wildman–Crippen MR) is 85.5 cm³/mol. The second-order valence-electron chi connectivity index (χ2n) is 5.14. The Labute approximate surface area is 129 Å². The van der Waals surface area contributed by atoms with E-state index < -0.39 is 0 Å².